The molecular formula is C24H28N2O3. The fraction of sp³-hybridized carbons (Fsp3) is 0.375. The SMILES string of the molecule is Cc1cc2oc(=O)cc(CN3CCN(c4ccc(O)cc4)CC3)c2cc1C(C)C. The van der Waals surface area contributed by atoms with Crippen LogP contribution in [-0.4, -0.2) is 36.2 Å². The number of aromatic hydroxyl groups is 1. The van der Waals surface area contributed by atoms with Crippen molar-refractivity contribution < 1.29 is 9.52 Å². The van der Waals surface area contributed by atoms with Gasteiger partial charge in [0, 0.05) is 49.9 Å². The van der Waals surface area contributed by atoms with Crippen molar-refractivity contribution in [2.75, 3.05) is 31.1 Å². The van der Waals surface area contributed by atoms with Gasteiger partial charge < -0.3 is 14.4 Å². The lowest BCUT2D eigenvalue weighted by Gasteiger charge is -2.36. The molecule has 0 amide bonds. The zero-order valence-corrected chi connectivity index (χ0v) is 17.3. The zero-order chi connectivity index (χ0) is 20.5. The molecular weight excluding hydrogens is 364 g/mol. The average molecular weight is 392 g/mol. The highest BCUT2D eigenvalue weighted by Crippen LogP contribution is 2.28. The lowest BCUT2D eigenvalue weighted by atomic mass is 9.95. The summed E-state index contributed by atoms with van der Waals surface area (Å²) in [4.78, 5) is 16.8. The third kappa shape index (κ3) is 4.15. The Balaban J connectivity index is 1.54. The van der Waals surface area contributed by atoms with Gasteiger partial charge in [-0.15, -0.1) is 0 Å². The molecule has 2 heterocycles. The molecule has 1 saturated heterocycles. The van der Waals surface area contributed by atoms with Crippen LogP contribution in [-0.2, 0) is 6.54 Å². The van der Waals surface area contributed by atoms with Gasteiger partial charge in [0.25, 0.3) is 0 Å². The third-order valence-corrected chi connectivity index (χ3v) is 5.82. The summed E-state index contributed by atoms with van der Waals surface area (Å²) in [5.41, 5.74) is 5.02. The largest absolute Gasteiger partial charge is 0.508 e. The van der Waals surface area contributed by atoms with Gasteiger partial charge in [0.1, 0.15) is 11.3 Å². The Hall–Kier alpha value is -2.79. The van der Waals surface area contributed by atoms with Gasteiger partial charge in [-0.1, -0.05) is 13.8 Å². The summed E-state index contributed by atoms with van der Waals surface area (Å²) in [5, 5.41) is 10.5. The molecule has 0 bridgehead atoms. The molecule has 152 valence electrons. The van der Waals surface area contributed by atoms with Crippen LogP contribution in [0.4, 0.5) is 5.69 Å². The number of aryl methyl sites for hydroxylation is 1. The molecule has 1 N–H and O–H groups in total. The standard InChI is InChI=1S/C24H28N2O3/c1-16(2)21-14-22-18(13-24(28)29-23(22)12-17(21)3)15-25-8-10-26(11-9-25)19-4-6-20(27)7-5-19/h4-7,12-14,16,27H,8-11,15H2,1-3H3. The Morgan fingerprint density at radius 2 is 1.72 bits per heavy atom. The van der Waals surface area contributed by atoms with E-state index in [2.05, 4.69) is 36.6 Å². The van der Waals surface area contributed by atoms with Crippen molar-refractivity contribution in [3.8, 4) is 5.75 Å². The second-order valence-electron chi connectivity index (χ2n) is 8.23. The van der Waals surface area contributed by atoms with E-state index in [1.807, 2.05) is 18.2 Å². The predicted octanol–water partition coefficient (Wildman–Crippen LogP) is 4.25. The molecule has 5 nitrogen and oxygen atoms in total. The second-order valence-corrected chi connectivity index (χ2v) is 8.23. The number of fused-ring (bicyclic) bond motifs is 1. The molecule has 1 aliphatic rings. The van der Waals surface area contributed by atoms with E-state index in [1.165, 1.54) is 5.56 Å². The van der Waals surface area contributed by atoms with Gasteiger partial charge in [0.15, 0.2) is 0 Å². The normalized spacial score (nSPS) is 15.4. The van der Waals surface area contributed by atoms with Crippen LogP contribution in [0.1, 0.15) is 36.5 Å². The van der Waals surface area contributed by atoms with Crippen molar-refractivity contribution in [2.45, 2.75) is 33.2 Å². The smallest absolute Gasteiger partial charge is 0.336 e. The summed E-state index contributed by atoms with van der Waals surface area (Å²) in [6.07, 6.45) is 0. The van der Waals surface area contributed by atoms with E-state index >= 15 is 0 Å². The lowest BCUT2D eigenvalue weighted by Crippen LogP contribution is -2.46. The fourth-order valence-electron chi connectivity index (χ4n) is 4.21. The van der Waals surface area contributed by atoms with Gasteiger partial charge in [-0.25, -0.2) is 4.79 Å². The summed E-state index contributed by atoms with van der Waals surface area (Å²) in [7, 11) is 0. The van der Waals surface area contributed by atoms with Gasteiger partial charge >= 0.3 is 5.63 Å². The summed E-state index contributed by atoms with van der Waals surface area (Å²) in [6.45, 7) is 10.9. The van der Waals surface area contributed by atoms with E-state index in [-0.39, 0.29) is 11.4 Å². The number of phenols is 1. The number of anilines is 1. The molecule has 1 aliphatic heterocycles. The van der Waals surface area contributed by atoms with Crippen molar-refractivity contribution >= 4 is 16.7 Å². The van der Waals surface area contributed by atoms with E-state index in [4.69, 9.17) is 4.42 Å². The number of hydrogen-bond donors (Lipinski definition) is 1. The minimum absolute atomic E-state index is 0.285. The quantitative estimate of drug-likeness (QED) is 0.673. The van der Waals surface area contributed by atoms with Gasteiger partial charge in [-0.05, 0) is 65.9 Å². The van der Waals surface area contributed by atoms with Crippen LogP contribution in [0.25, 0.3) is 11.0 Å². The van der Waals surface area contributed by atoms with Gasteiger partial charge in [-0.3, -0.25) is 4.90 Å². The molecule has 1 fully saturated rings. The molecule has 0 saturated carbocycles. The van der Waals surface area contributed by atoms with E-state index < -0.39 is 0 Å². The highest BCUT2D eigenvalue weighted by Gasteiger charge is 2.19. The second kappa shape index (κ2) is 7.91. The van der Waals surface area contributed by atoms with Gasteiger partial charge in [0.2, 0.25) is 0 Å². The maximum absolute atomic E-state index is 12.1. The summed E-state index contributed by atoms with van der Waals surface area (Å²) >= 11 is 0. The molecule has 0 atom stereocenters. The minimum atomic E-state index is -0.285. The zero-order valence-electron chi connectivity index (χ0n) is 17.3. The summed E-state index contributed by atoms with van der Waals surface area (Å²) in [6, 6.07) is 13.2. The van der Waals surface area contributed by atoms with Crippen LogP contribution < -0.4 is 10.5 Å². The molecule has 4 rings (SSSR count). The molecule has 0 aliphatic carbocycles. The average Bonchev–Trinajstić information content (AvgIpc) is 2.68. The van der Waals surface area contributed by atoms with Crippen molar-refractivity contribution in [2.24, 2.45) is 0 Å². The van der Waals surface area contributed by atoms with Crippen LogP contribution >= 0.6 is 0 Å². The summed E-state index contributed by atoms with van der Waals surface area (Å²) < 4.78 is 5.49. The molecule has 0 radical (unpaired) electrons. The Kier molecular flexibility index (Phi) is 5.33. The molecule has 5 heteroatoms. The number of piperazine rings is 1. The molecule has 0 unspecified atom stereocenters. The van der Waals surface area contributed by atoms with E-state index in [9.17, 15) is 9.90 Å². The number of phenolic OH excluding ortho intramolecular Hbond substituents is 1. The molecule has 29 heavy (non-hydrogen) atoms. The Morgan fingerprint density at radius 3 is 2.38 bits per heavy atom. The van der Waals surface area contributed by atoms with Crippen LogP contribution in [0, 0.1) is 6.92 Å². The number of hydrogen-bond acceptors (Lipinski definition) is 5. The van der Waals surface area contributed by atoms with Crippen molar-refractivity contribution in [3.05, 3.63) is 69.6 Å². The van der Waals surface area contributed by atoms with Crippen molar-refractivity contribution in [1.82, 2.24) is 4.90 Å². The van der Waals surface area contributed by atoms with Crippen molar-refractivity contribution in [1.29, 1.82) is 0 Å². The highest BCUT2D eigenvalue weighted by atomic mass is 16.4. The fourth-order valence-corrected chi connectivity index (χ4v) is 4.21. The number of nitrogens with zero attached hydrogens (tertiary/aromatic N) is 2. The first-order valence-electron chi connectivity index (χ1n) is 10.2. The van der Waals surface area contributed by atoms with Crippen LogP contribution in [0.2, 0.25) is 0 Å². The predicted molar refractivity (Wildman–Crippen MR) is 117 cm³/mol. The maximum Gasteiger partial charge on any atom is 0.336 e. The molecule has 0 spiro atoms. The lowest BCUT2D eigenvalue weighted by molar-refractivity contribution is 0.250. The number of rotatable bonds is 4. The molecule has 2 aromatic carbocycles. The van der Waals surface area contributed by atoms with Crippen LogP contribution in [0.5, 0.6) is 5.75 Å². The van der Waals surface area contributed by atoms with E-state index in [1.54, 1.807) is 18.2 Å². The number of benzene rings is 2. The molecule has 3 aromatic rings. The Morgan fingerprint density at radius 1 is 1.03 bits per heavy atom. The van der Waals surface area contributed by atoms with Gasteiger partial charge in [-0.2, -0.15) is 0 Å². The summed E-state index contributed by atoms with van der Waals surface area (Å²) in [5.74, 6) is 0.714. The van der Waals surface area contributed by atoms with E-state index in [0.29, 0.717) is 11.5 Å². The highest BCUT2D eigenvalue weighted by molar-refractivity contribution is 5.82. The van der Waals surface area contributed by atoms with Crippen LogP contribution in [0.15, 0.2) is 51.7 Å². The minimum Gasteiger partial charge on any atom is -0.508 e. The first-order chi connectivity index (χ1) is 13.9. The molecule has 1 aromatic heterocycles. The van der Waals surface area contributed by atoms with Crippen molar-refractivity contribution in [3.63, 3.8) is 0 Å². The topological polar surface area (TPSA) is 56.9 Å². The first-order valence-corrected chi connectivity index (χ1v) is 10.2. The first kappa shape index (κ1) is 19.5. The van der Waals surface area contributed by atoms with E-state index in [0.717, 1.165) is 54.9 Å². The maximum atomic E-state index is 12.1. The Labute approximate surface area is 171 Å². The third-order valence-electron chi connectivity index (χ3n) is 5.82. The van der Waals surface area contributed by atoms with Gasteiger partial charge in [0.05, 0.1) is 0 Å². The van der Waals surface area contributed by atoms with Crippen LogP contribution in [0.3, 0.4) is 0 Å². The Bertz CT molecular complexity index is 1060. The monoisotopic (exact) mass is 392 g/mol.